The van der Waals surface area contributed by atoms with E-state index >= 15 is 0 Å². The summed E-state index contributed by atoms with van der Waals surface area (Å²) in [6, 6.07) is 0.475. The lowest BCUT2D eigenvalue weighted by Crippen LogP contribution is -2.45. The summed E-state index contributed by atoms with van der Waals surface area (Å²) in [6.07, 6.45) is 3.08. The van der Waals surface area contributed by atoms with Crippen molar-refractivity contribution in [1.29, 1.82) is 0 Å². The number of piperidine rings is 1. The van der Waals surface area contributed by atoms with Crippen LogP contribution in [0.4, 0.5) is 0 Å². The molecule has 0 aromatic carbocycles. The summed E-state index contributed by atoms with van der Waals surface area (Å²) in [5.74, 6) is -0.573. The molecule has 0 aliphatic carbocycles. The van der Waals surface area contributed by atoms with Gasteiger partial charge in [-0.3, -0.25) is 9.69 Å². The Kier molecular flexibility index (Phi) is 7.47. The predicted molar refractivity (Wildman–Crippen MR) is 80.2 cm³/mol. The highest BCUT2D eigenvalue weighted by Crippen LogP contribution is 2.12. The minimum absolute atomic E-state index is 0.0799. The van der Waals surface area contributed by atoms with Crippen LogP contribution in [0.1, 0.15) is 32.6 Å². The van der Waals surface area contributed by atoms with E-state index in [1.165, 1.54) is 0 Å². The first-order valence-corrected chi connectivity index (χ1v) is 9.20. The first-order valence-electron chi connectivity index (χ1n) is 7.38. The monoisotopic (exact) mass is 305 g/mol. The van der Waals surface area contributed by atoms with Crippen LogP contribution < -0.4 is 11.1 Å². The van der Waals surface area contributed by atoms with Crippen molar-refractivity contribution in [3.05, 3.63) is 0 Å². The molecule has 0 saturated carbocycles. The van der Waals surface area contributed by atoms with E-state index < -0.39 is 15.7 Å². The zero-order chi connectivity index (χ0) is 15.0. The summed E-state index contributed by atoms with van der Waals surface area (Å²) in [5, 5.41) is 3.32. The Bertz CT molecular complexity index is 392. The van der Waals surface area contributed by atoms with Gasteiger partial charge in [-0.25, -0.2) is 8.42 Å². The summed E-state index contributed by atoms with van der Waals surface area (Å²) >= 11 is 0. The third kappa shape index (κ3) is 6.67. The second-order valence-electron chi connectivity index (χ2n) is 5.39. The molecule has 1 fully saturated rings. The summed E-state index contributed by atoms with van der Waals surface area (Å²) in [7, 11) is -3.19. The fourth-order valence-electron chi connectivity index (χ4n) is 2.55. The fraction of sp³-hybridized carbons (Fsp3) is 0.923. The van der Waals surface area contributed by atoms with E-state index in [4.69, 9.17) is 5.73 Å². The molecular formula is C13H27N3O3S. The van der Waals surface area contributed by atoms with Crippen LogP contribution in [0.2, 0.25) is 0 Å². The molecule has 0 bridgehead atoms. The van der Waals surface area contributed by atoms with E-state index in [1.54, 1.807) is 0 Å². The van der Waals surface area contributed by atoms with Crippen LogP contribution in [0.15, 0.2) is 0 Å². The Morgan fingerprint density at radius 2 is 1.90 bits per heavy atom. The van der Waals surface area contributed by atoms with Gasteiger partial charge in [0.2, 0.25) is 5.91 Å². The number of sulfone groups is 1. The maximum Gasteiger partial charge on any atom is 0.218 e. The summed E-state index contributed by atoms with van der Waals surface area (Å²) in [4.78, 5) is 13.0. The number of nitrogens with two attached hydrogens (primary N) is 1. The molecule has 3 N–H and O–H groups in total. The molecule has 118 valence electrons. The Hall–Kier alpha value is -0.660. The van der Waals surface area contributed by atoms with Crippen LogP contribution >= 0.6 is 0 Å². The molecule has 20 heavy (non-hydrogen) atoms. The maximum absolute atomic E-state index is 11.9. The Morgan fingerprint density at radius 3 is 2.45 bits per heavy atom. The van der Waals surface area contributed by atoms with Crippen molar-refractivity contribution in [2.24, 2.45) is 5.73 Å². The van der Waals surface area contributed by atoms with Crippen LogP contribution in [0, 0.1) is 0 Å². The third-order valence-electron chi connectivity index (χ3n) is 3.68. The summed E-state index contributed by atoms with van der Waals surface area (Å²) < 4.78 is 23.8. The van der Waals surface area contributed by atoms with E-state index in [9.17, 15) is 13.2 Å². The molecule has 1 amide bonds. The minimum atomic E-state index is -3.19. The first-order chi connectivity index (χ1) is 9.44. The highest BCUT2D eigenvalue weighted by molar-refractivity contribution is 7.91. The average molecular weight is 305 g/mol. The van der Waals surface area contributed by atoms with E-state index in [2.05, 4.69) is 17.1 Å². The standard InChI is InChI=1S/C13H27N3O3S/c1-2-8-16(12-3-6-15-7-4-12)9-11-20(18,19)10-5-13(14)17/h12,15H,2-11H2,1H3,(H2,14,17). The van der Waals surface area contributed by atoms with Crippen molar-refractivity contribution in [3.63, 3.8) is 0 Å². The molecule has 1 saturated heterocycles. The van der Waals surface area contributed by atoms with Crippen LogP contribution in [0.3, 0.4) is 0 Å². The minimum Gasteiger partial charge on any atom is -0.370 e. The van der Waals surface area contributed by atoms with Gasteiger partial charge in [-0.1, -0.05) is 6.92 Å². The topological polar surface area (TPSA) is 92.5 Å². The number of carbonyl (C=O) groups is 1. The Morgan fingerprint density at radius 1 is 1.25 bits per heavy atom. The maximum atomic E-state index is 11.9. The van der Waals surface area contributed by atoms with Crippen molar-refractivity contribution in [3.8, 4) is 0 Å². The molecule has 1 aliphatic heterocycles. The fourth-order valence-corrected chi connectivity index (χ4v) is 3.78. The number of hydrogen-bond donors (Lipinski definition) is 2. The van der Waals surface area contributed by atoms with Crippen LogP contribution in [-0.2, 0) is 14.6 Å². The van der Waals surface area contributed by atoms with Crippen LogP contribution in [-0.4, -0.2) is 63.0 Å². The third-order valence-corrected chi connectivity index (χ3v) is 5.32. The van der Waals surface area contributed by atoms with Gasteiger partial charge >= 0.3 is 0 Å². The second-order valence-corrected chi connectivity index (χ2v) is 7.69. The van der Waals surface area contributed by atoms with Gasteiger partial charge in [-0.15, -0.1) is 0 Å². The average Bonchev–Trinajstić information content (AvgIpc) is 2.42. The lowest BCUT2D eigenvalue weighted by atomic mass is 10.0. The Balaban J connectivity index is 2.46. The van der Waals surface area contributed by atoms with E-state index in [0.29, 0.717) is 12.6 Å². The molecule has 7 heteroatoms. The molecule has 1 heterocycles. The van der Waals surface area contributed by atoms with Crippen molar-refractivity contribution in [2.45, 2.75) is 38.6 Å². The zero-order valence-electron chi connectivity index (χ0n) is 12.3. The molecule has 0 aromatic heterocycles. The Labute approximate surface area is 122 Å². The highest BCUT2D eigenvalue weighted by atomic mass is 32.2. The predicted octanol–water partition coefficient (Wildman–Crippen LogP) is -0.259. The number of nitrogens with zero attached hydrogens (tertiary/aromatic N) is 1. The normalized spacial score (nSPS) is 17.5. The van der Waals surface area contributed by atoms with Crippen molar-refractivity contribution < 1.29 is 13.2 Å². The molecule has 1 rings (SSSR count). The molecule has 6 nitrogen and oxygen atoms in total. The lowest BCUT2D eigenvalue weighted by Gasteiger charge is -2.34. The van der Waals surface area contributed by atoms with Crippen molar-refractivity contribution in [1.82, 2.24) is 10.2 Å². The van der Waals surface area contributed by atoms with Crippen molar-refractivity contribution in [2.75, 3.05) is 37.7 Å². The molecule has 0 spiro atoms. The largest absolute Gasteiger partial charge is 0.370 e. The summed E-state index contributed by atoms with van der Waals surface area (Å²) in [6.45, 7) is 5.59. The molecule has 0 unspecified atom stereocenters. The zero-order valence-corrected chi connectivity index (χ0v) is 13.1. The molecule has 1 aliphatic rings. The number of rotatable bonds is 9. The molecular weight excluding hydrogens is 278 g/mol. The van der Waals surface area contributed by atoms with Gasteiger partial charge in [0.1, 0.15) is 0 Å². The molecule has 0 atom stereocenters. The number of nitrogens with one attached hydrogen (secondary N) is 1. The first kappa shape index (κ1) is 17.4. The highest BCUT2D eigenvalue weighted by Gasteiger charge is 2.22. The number of amides is 1. The molecule has 0 radical (unpaired) electrons. The van der Waals surface area contributed by atoms with E-state index in [-0.39, 0.29) is 17.9 Å². The van der Waals surface area contributed by atoms with Crippen molar-refractivity contribution >= 4 is 15.7 Å². The van der Waals surface area contributed by atoms with Gasteiger partial charge < -0.3 is 11.1 Å². The van der Waals surface area contributed by atoms with Crippen LogP contribution in [0.25, 0.3) is 0 Å². The lowest BCUT2D eigenvalue weighted by molar-refractivity contribution is -0.117. The van der Waals surface area contributed by atoms with Gasteiger partial charge in [0.05, 0.1) is 11.5 Å². The SMILES string of the molecule is CCCN(CCS(=O)(=O)CCC(N)=O)C1CCNCC1. The van der Waals surface area contributed by atoms with E-state index in [0.717, 1.165) is 38.9 Å². The van der Waals surface area contributed by atoms with Crippen LogP contribution in [0.5, 0.6) is 0 Å². The number of primary amides is 1. The quantitative estimate of drug-likeness (QED) is 0.612. The van der Waals surface area contributed by atoms with Gasteiger partial charge in [-0.05, 0) is 38.9 Å². The van der Waals surface area contributed by atoms with E-state index in [1.807, 2.05) is 0 Å². The summed E-state index contributed by atoms with van der Waals surface area (Å²) in [5.41, 5.74) is 5.00. The molecule has 0 aromatic rings. The number of carbonyl (C=O) groups excluding carboxylic acids is 1. The second kappa shape index (κ2) is 8.59. The van der Waals surface area contributed by atoms with Gasteiger partial charge in [0.25, 0.3) is 0 Å². The number of hydrogen-bond acceptors (Lipinski definition) is 5. The smallest absolute Gasteiger partial charge is 0.218 e. The van der Waals surface area contributed by atoms with Gasteiger partial charge in [0, 0.05) is 19.0 Å². The van der Waals surface area contributed by atoms with Gasteiger partial charge in [0.15, 0.2) is 9.84 Å². The van der Waals surface area contributed by atoms with Gasteiger partial charge in [-0.2, -0.15) is 0 Å².